The molecule has 0 aliphatic heterocycles. The summed E-state index contributed by atoms with van der Waals surface area (Å²) in [5.74, 6) is 0. The Morgan fingerprint density at radius 3 is 1.83 bits per heavy atom. The van der Waals surface area contributed by atoms with Crippen LogP contribution in [0.4, 0.5) is 17.1 Å². The van der Waals surface area contributed by atoms with Gasteiger partial charge < -0.3 is 13.9 Å². The Labute approximate surface area is 306 Å². The molecule has 0 fully saturated rings. The summed E-state index contributed by atoms with van der Waals surface area (Å²) < 4.78 is 8.74. The third-order valence-electron chi connectivity index (χ3n) is 10.7. The van der Waals surface area contributed by atoms with Crippen LogP contribution in [-0.4, -0.2) is 4.57 Å². The van der Waals surface area contributed by atoms with Gasteiger partial charge in [0, 0.05) is 33.2 Å². The second-order valence-electron chi connectivity index (χ2n) is 13.8. The van der Waals surface area contributed by atoms with Gasteiger partial charge in [0.15, 0.2) is 0 Å². The van der Waals surface area contributed by atoms with Crippen molar-refractivity contribution in [1.82, 2.24) is 4.57 Å². The SMILES string of the molecule is c1ccc2cc(N(c3ccc(-c4ccc5c(c4)c4ccccc4n5-c4ccc5ccccc5c4)cc3)c3cccc4oc5ccccc5c34)ccc2c1. The minimum atomic E-state index is 0.877. The maximum Gasteiger partial charge on any atom is 0.137 e. The van der Waals surface area contributed by atoms with Crippen molar-refractivity contribution in [2.24, 2.45) is 0 Å². The molecule has 53 heavy (non-hydrogen) atoms. The van der Waals surface area contributed by atoms with Crippen molar-refractivity contribution in [1.29, 1.82) is 0 Å². The number of rotatable bonds is 5. The number of fused-ring (bicyclic) bond motifs is 8. The molecule has 3 nitrogen and oxygen atoms in total. The van der Waals surface area contributed by atoms with E-state index in [9.17, 15) is 0 Å². The van der Waals surface area contributed by atoms with E-state index >= 15 is 0 Å². The molecule has 0 atom stereocenters. The van der Waals surface area contributed by atoms with Gasteiger partial charge in [-0.1, -0.05) is 121 Å². The number of benzene rings is 9. The molecule has 0 spiro atoms. The van der Waals surface area contributed by atoms with Crippen molar-refractivity contribution in [3.63, 3.8) is 0 Å². The van der Waals surface area contributed by atoms with E-state index in [-0.39, 0.29) is 0 Å². The largest absolute Gasteiger partial charge is 0.456 e. The van der Waals surface area contributed by atoms with Gasteiger partial charge in [-0.15, -0.1) is 0 Å². The summed E-state index contributed by atoms with van der Waals surface area (Å²) in [6.45, 7) is 0. The molecule has 0 aliphatic rings. The maximum atomic E-state index is 6.35. The first kappa shape index (κ1) is 29.6. The second kappa shape index (κ2) is 11.7. The number of anilines is 3. The van der Waals surface area contributed by atoms with Crippen LogP contribution in [0.25, 0.3) is 82.1 Å². The van der Waals surface area contributed by atoms with E-state index in [1.165, 1.54) is 60.2 Å². The van der Waals surface area contributed by atoms with Crippen LogP contribution in [0.15, 0.2) is 199 Å². The fourth-order valence-electron chi connectivity index (χ4n) is 8.23. The molecule has 0 N–H and O–H groups in total. The van der Waals surface area contributed by atoms with Gasteiger partial charge in [0.25, 0.3) is 0 Å². The van der Waals surface area contributed by atoms with Crippen molar-refractivity contribution < 1.29 is 4.42 Å². The van der Waals surface area contributed by atoms with Gasteiger partial charge in [-0.25, -0.2) is 0 Å². The highest BCUT2D eigenvalue weighted by Crippen LogP contribution is 2.44. The number of aromatic nitrogens is 1. The van der Waals surface area contributed by atoms with Crippen LogP contribution in [0.2, 0.25) is 0 Å². The Morgan fingerprint density at radius 2 is 1.00 bits per heavy atom. The number of nitrogens with zero attached hydrogens (tertiary/aromatic N) is 2. The van der Waals surface area contributed by atoms with Gasteiger partial charge in [0.1, 0.15) is 11.2 Å². The van der Waals surface area contributed by atoms with Crippen molar-refractivity contribution in [2.45, 2.75) is 0 Å². The highest BCUT2D eigenvalue weighted by molar-refractivity contribution is 6.14. The van der Waals surface area contributed by atoms with E-state index in [0.29, 0.717) is 0 Å². The summed E-state index contributed by atoms with van der Waals surface area (Å²) >= 11 is 0. The van der Waals surface area contributed by atoms with Crippen LogP contribution in [0.1, 0.15) is 0 Å². The molecule has 0 radical (unpaired) electrons. The molecule has 9 aromatic carbocycles. The second-order valence-corrected chi connectivity index (χ2v) is 13.8. The van der Waals surface area contributed by atoms with Gasteiger partial charge in [-0.05, 0) is 105 Å². The lowest BCUT2D eigenvalue weighted by Crippen LogP contribution is -2.10. The van der Waals surface area contributed by atoms with Gasteiger partial charge >= 0.3 is 0 Å². The zero-order chi connectivity index (χ0) is 34.9. The van der Waals surface area contributed by atoms with Crippen molar-refractivity contribution in [3.8, 4) is 16.8 Å². The van der Waals surface area contributed by atoms with Crippen molar-refractivity contribution >= 4 is 82.4 Å². The smallest absolute Gasteiger partial charge is 0.137 e. The first-order valence-corrected chi connectivity index (χ1v) is 18.1. The monoisotopic (exact) mass is 676 g/mol. The number of hydrogen-bond donors (Lipinski definition) is 0. The minimum Gasteiger partial charge on any atom is -0.456 e. The number of furan rings is 1. The molecule has 0 unspecified atom stereocenters. The van der Waals surface area contributed by atoms with Crippen LogP contribution in [0.3, 0.4) is 0 Å². The molecular formula is C50H32N2O. The predicted octanol–water partition coefficient (Wildman–Crippen LogP) is 14.1. The summed E-state index contributed by atoms with van der Waals surface area (Å²) in [5, 5.41) is 9.61. The maximum absolute atomic E-state index is 6.35. The molecule has 0 bridgehead atoms. The molecule has 11 aromatic rings. The molecule has 2 heterocycles. The Bertz CT molecular complexity index is 3180. The molecule has 248 valence electrons. The minimum absolute atomic E-state index is 0.877. The Hall–Kier alpha value is -7.10. The Balaban J connectivity index is 1.05. The quantitative estimate of drug-likeness (QED) is 0.181. The molecule has 0 amide bonds. The highest BCUT2D eigenvalue weighted by Gasteiger charge is 2.20. The van der Waals surface area contributed by atoms with Crippen molar-refractivity contribution in [3.05, 3.63) is 194 Å². The lowest BCUT2D eigenvalue weighted by atomic mass is 10.0. The summed E-state index contributed by atoms with van der Waals surface area (Å²) in [6.07, 6.45) is 0. The summed E-state index contributed by atoms with van der Waals surface area (Å²) in [5.41, 5.74) is 11.0. The lowest BCUT2D eigenvalue weighted by molar-refractivity contribution is 0.669. The molecule has 0 saturated heterocycles. The molecule has 3 heteroatoms. The van der Waals surface area contributed by atoms with Gasteiger partial charge in [-0.2, -0.15) is 0 Å². The normalized spacial score (nSPS) is 11.8. The van der Waals surface area contributed by atoms with E-state index in [2.05, 4.69) is 191 Å². The first-order chi connectivity index (χ1) is 26.3. The highest BCUT2D eigenvalue weighted by atomic mass is 16.3. The summed E-state index contributed by atoms with van der Waals surface area (Å²) in [7, 11) is 0. The van der Waals surface area contributed by atoms with Gasteiger partial charge in [-0.3, -0.25) is 0 Å². The number of hydrogen-bond acceptors (Lipinski definition) is 2. The van der Waals surface area contributed by atoms with Crippen LogP contribution >= 0.6 is 0 Å². The third kappa shape index (κ3) is 4.75. The predicted molar refractivity (Wildman–Crippen MR) is 223 cm³/mol. The summed E-state index contributed by atoms with van der Waals surface area (Å²) in [4.78, 5) is 2.36. The van der Waals surface area contributed by atoms with Gasteiger partial charge in [0.2, 0.25) is 0 Å². The van der Waals surface area contributed by atoms with Gasteiger partial charge in [0.05, 0.1) is 22.1 Å². The van der Waals surface area contributed by atoms with E-state index in [1.807, 2.05) is 12.1 Å². The molecule has 2 aromatic heterocycles. The fraction of sp³-hybridized carbons (Fsp3) is 0. The van der Waals surface area contributed by atoms with Crippen LogP contribution < -0.4 is 4.90 Å². The summed E-state index contributed by atoms with van der Waals surface area (Å²) in [6, 6.07) is 69.8. The zero-order valence-electron chi connectivity index (χ0n) is 28.8. The topological polar surface area (TPSA) is 21.3 Å². The van der Waals surface area contributed by atoms with E-state index < -0.39 is 0 Å². The van der Waals surface area contributed by atoms with Crippen LogP contribution in [0, 0.1) is 0 Å². The average molecular weight is 677 g/mol. The molecule has 11 rings (SSSR count). The average Bonchev–Trinajstić information content (AvgIpc) is 3.77. The fourth-order valence-corrected chi connectivity index (χ4v) is 8.23. The lowest BCUT2D eigenvalue weighted by Gasteiger charge is -2.27. The Kier molecular flexibility index (Phi) is 6.55. The molecular weight excluding hydrogens is 645 g/mol. The molecule has 0 saturated carbocycles. The van der Waals surface area contributed by atoms with E-state index in [0.717, 1.165) is 39.0 Å². The zero-order valence-corrected chi connectivity index (χ0v) is 28.8. The first-order valence-electron chi connectivity index (χ1n) is 18.1. The van der Waals surface area contributed by atoms with E-state index in [1.54, 1.807) is 0 Å². The number of para-hydroxylation sites is 2. The van der Waals surface area contributed by atoms with Crippen LogP contribution in [-0.2, 0) is 0 Å². The standard InChI is InChI=1S/C50H32N2O/c1-3-12-36-30-40(27-22-33(36)10-1)51(47-17-9-19-49-50(47)43-15-6-8-18-48(43)53-49)39-25-20-35(21-26-39)38-24-29-46-44(32-38)42-14-5-7-16-45(42)52(46)41-28-23-34-11-2-4-13-37(34)31-41/h1-32H. The van der Waals surface area contributed by atoms with Crippen LogP contribution in [0.5, 0.6) is 0 Å². The molecule has 0 aliphatic carbocycles. The Morgan fingerprint density at radius 1 is 0.377 bits per heavy atom. The van der Waals surface area contributed by atoms with Crippen molar-refractivity contribution in [2.75, 3.05) is 4.90 Å². The third-order valence-corrected chi connectivity index (χ3v) is 10.7. The van der Waals surface area contributed by atoms with E-state index in [4.69, 9.17) is 4.42 Å².